The Morgan fingerprint density at radius 2 is 1.57 bits per heavy atom. The third-order valence-electron chi connectivity index (χ3n) is 6.34. The molecule has 0 bridgehead atoms. The summed E-state index contributed by atoms with van der Waals surface area (Å²) in [7, 11) is 0. The number of aryl methyl sites for hydroxylation is 1. The zero-order valence-electron chi connectivity index (χ0n) is 15.1. The third-order valence-corrected chi connectivity index (χ3v) is 6.34. The Bertz CT molecular complexity index is 447. The molecule has 1 aliphatic heterocycles. The molecule has 0 aromatic heterocycles. The van der Waals surface area contributed by atoms with Crippen molar-refractivity contribution in [2.24, 2.45) is 17.8 Å². The quantitative estimate of drug-likeness (QED) is 0.617. The van der Waals surface area contributed by atoms with Crippen molar-refractivity contribution in [2.75, 3.05) is 6.61 Å². The summed E-state index contributed by atoms with van der Waals surface area (Å²) in [5.74, 6) is 2.76. The predicted molar refractivity (Wildman–Crippen MR) is 97.6 cm³/mol. The molecule has 0 spiro atoms. The Morgan fingerprint density at radius 3 is 2.13 bits per heavy atom. The number of ether oxygens (including phenoxy) is 1. The summed E-state index contributed by atoms with van der Waals surface area (Å²) in [6.07, 6.45) is 12.5. The van der Waals surface area contributed by atoms with Crippen LogP contribution >= 0.6 is 0 Å². The summed E-state index contributed by atoms with van der Waals surface area (Å²) >= 11 is 0. The van der Waals surface area contributed by atoms with Gasteiger partial charge in [0, 0.05) is 0 Å². The molecule has 1 heterocycles. The van der Waals surface area contributed by atoms with E-state index >= 15 is 0 Å². The van der Waals surface area contributed by atoms with E-state index in [-0.39, 0.29) is 0 Å². The van der Waals surface area contributed by atoms with E-state index in [9.17, 15) is 0 Å². The Labute approximate surface area is 142 Å². The van der Waals surface area contributed by atoms with Gasteiger partial charge in [0.2, 0.25) is 0 Å². The highest BCUT2D eigenvalue weighted by atomic mass is 16.5. The van der Waals surface area contributed by atoms with Gasteiger partial charge in [-0.1, -0.05) is 63.8 Å². The van der Waals surface area contributed by atoms with Crippen molar-refractivity contribution in [3.63, 3.8) is 0 Å². The zero-order valence-corrected chi connectivity index (χ0v) is 15.1. The first-order valence-corrected chi connectivity index (χ1v) is 10.0. The fourth-order valence-electron chi connectivity index (χ4n) is 4.66. The van der Waals surface area contributed by atoms with Crippen molar-refractivity contribution in [1.29, 1.82) is 0 Å². The van der Waals surface area contributed by atoms with E-state index in [1.807, 2.05) is 0 Å². The molecular formula is C22H34O. The molecule has 1 nitrogen and oxygen atoms in total. The fourth-order valence-corrected chi connectivity index (χ4v) is 4.66. The van der Waals surface area contributed by atoms with Crippen molar-refractivity contribution in [2.45, 2.75) is 77.7 Å². The van der Waals surface area contributed by atoms with E-state index in [1.165, 1.54) is 68.9 Å². The first kappa shape index (κ1) is 17.0. The van der Waals surface area contributed by atoms with Crippen LogP contribution in [0.25, 0.3) is 0 Å². The molecule has 1 saturated carbocycles. The topological polar surface area (TPSA) is 9.23 Å². The van der Waals surface area contributed by atoms with Gasteiger partial charge in [-0.05, 0) is 61.0 Å². The molecule has 1 saturated heterocycles. The van der Waals surface area contributed by atoms with Crippen LogP contribution in [-0.2, 0) is 11.2 Å². The van der Waals surface area contributed by atoms with Crippen LogP contribution in [0.15, 0.2) is 24.3 Å². The molecular weight excluding hydrogens is 280 g/mol. The number of hydrogen-bond donors (Lipinski definition) is 0. The van der Waals surface area contributed by atoms with Crippen LogP contribution in [0.4, 0.5) is 0 Å². The predicted octanol–water partition coefficient (Wildman–Crippen LogP) is 6.32. The van der Waals surface area contributed by atoms with Crippen LogP contribution < -0.4 is 0 Å². The lowest BCUT2D eigenvalue weighted by Crippen LogP contribution is -2.29. The monoisotopic (exact) mass is 314 g/mol. The van der Waals surface area contributed by atoms with Crippen LogP contribution in [0, 0.1) is 17.8 Å². The molecule has 2 atom stereocenters. The number of hydrogen-bond acceptors (Lipinski definition) is 1. The van der Waals surface area contributed by atoms with Gasteiger partial charge in [-0.25, -0.2) is 0 Å². The van der Waals surface area contributed by atoms with E-state index in [4.69, 9.17) is 4.74 Å². The number of rotatable bonds is 5. The smallest absolute Gasteiger partial charge is 0.0825 e. The van der Waals surface area contributed by atoms with E-state index in [0.29, 0.717) is 6.10 Å². The van der Waals surface area contributed by atoms with Gasteiger partial charge < -0.3 is 4.74 Å². The highest BCUT2D eigenvalue weighted by Gasteiger charge is 2.31. The van der Waals surface area contributed by atoms with Crippen LogP contribution in [-0.4, -0.2) is 6.61 Å². The average Bonchev–Trinajstić information content (AvgIpc) is 2.63. The van der Waals surface area contributed by atoms with Crippen molar-refractivity contribution in [1.82, 2.24) is 0 Å². The Balaban J connectivity index is 1.48. The maximum absolute atomic E-state index is 6.28. The summed E-state index contributed by atoms with van der Waals surface area (Å²) in [5, 5.41) is 0. The molecule has 0 radical (unpaired) electrons. The van der Waals surface area contributed by atoms with Crippen molar-refractivity contribution < 1.29 is 4.74 Å². The van der Waals surface area contributed by atoms with Gasteiger partial charge in [0.15, 0.2) is 0 Å². The van der Waals surface area contributed by atoms with Crippen LogP contribution in [0.3, 0.4) is 0 Å². The van der Waals surface area contributed by atoms with Crippen molar-refractivity contribution in [3.8, 4) is 0 Å². The second-order valence-corrected chi connectivity index (χ2v) is 7.84. The molecule has 2 aliphatic rings. The molecule has 1 aliphatic carbocycles. The molecule has 1 aromatic rings. The largest absolute Gasteiger partial charge is 0.373 e. The third kappa shape index (κ3) is 4.38. The SMILES string of the molecule is CCCc1ccc(C2CCC(C3CCC(CC)CC3)CO2)cc1. The highest BCUT2D eigenvalue weighted by Crippen LogP contribution is 2.41. The average molecular weight is 315 g/mol. The summed E-state index contributed by atoms with van der Waals surface area (Å²) in [6.45, 7) is 5.58. The van der Waals surface area contributed by atoms with Crippen LogP contribution in [0.1, 0.15) is 82.4 Å². The van der Waals surface area contributed by atoms with Crippen LogP contribution in [0.5, 0.6) is 0 Å². The first-order valence-electron chi connectivity index (χ1n) is 10.0. The van der Waals surface area contributed by atoms with Gasteiger partial charge in [-0.2, -0.15) is 0 Å². The second-order valence-electron chi connectivity index (χ2n) is 7.84. The molecule has 1 heteroatoms. The summed E-state index contributed by atoms with van der Waals surface area (Å²) in [4.78, 5) is 0. The summed E-state index contributed by atoms with van der Waals surface area (Å²) in [6, 6.07) is 9.17. The van der Waals surface area contributed by atoms with Crippen molar-refractivity contribution >= 4 is 0 Å². The Kier molecular flexibility index (Phi) is 6.16. The molecule has 23 heavy (non-hydrogen) atoms. The molecule has 2 fully saturated rings. The molecule has 0 amide bonds. The molecule has 2 unspecified atom stereocenters. The highest BCUT2D eigenvalue weighted by molar-refractivity contribution is 5.24. The summed E-state index contributed by atoms with van der Waals surface area (Å²) < 4.78 is 6.28. The Hall–Kier alpha value is -0.820. The second kappa shape index (κ2) is 8.33. The van der Waals surface area contributed by atoms with Gasteiger partial charge in [0.1, 0.15) is 0 Å². The summed E-state index contributed by atoms with van der Waals surface area (Å²) in [5.41, 5.74) is 2.84. The molecule has 1 aromatic carbocycles. The van der Waals surface area contributed by atoms with Gasteiger partial charge in [-0.3, -0.25) is 0 Å². The normalized spacial score (nSPS) is 31.9. The van der Waals surface area contributed by atoms with Gasteiger partial charge in [-0.15, -0.1) is 0 Å². The van der Waals surface area contributed by atoms with E-state index in [1.54, 1.807) is 0 Å². The van der Waals surface area contributed by atoms with Gasteiger partial charge in [0.25, 0.3) is 0 Å². The van der Waals surface area contributed by atoms with E-state index < -0.39 is 0 Å². The van der Waals surface area contributed by atoms with Crippen LogP contribution in [0.2, 0.25) is 0 Å². The minimum Gasteiger partial charge on any atom is -0.373 e. The first-order chi connectivity index (χ1) is 11.3. The molecule has 0 N–H and O–H groups in total. The Morgan fingerprint density at radius 1 is 0.870 bits per heavy atom. The molecule has 128 valence electrons. The lowest BCUT2D eigenvalue weighted by Gasteiger charge is -2.37. The maximum Gasteiger partial charge on any atom is 0.0825 e. The minimum atomic E-state index is 0.342. The van der Waals surface area contributed by atoms with Gasteiger partial charge in [0.05, 0.1) is 12.7 Å². The minimum absolute atomic E-state index is 0.342. The number of benzene rings is 1. The van der Waals surface area contributed by atoms with E-state index in [2.05, 4.69) is 38.1 Å². The molecule has 3 rings (SSSR count). The van der Waals surface area contributed by atoms with E-state index in [0.717, 1.165) is 24.4 Å². The van der Waals surface area contributed by atoms with Gasteiger partial charge >= 0.3 is 0 Å². The van der Waals surface area contributed by atoms with Crippen molar-refractivity contribution in [3.05, 3.63) is 35.4 Å². The fraction of sp³-hybridized carbons (Fsp3) is 0.727. The zero-order chi connectivity index (χ0) is 16.1. The maximum atomic E-state index is 6.28. The lowest BCUT2D eigenvalue weighted by atomic mass is 9.73. The lowest BCUT2D eigenvalue weighted by molar-refractivity contribution is -0.0403. The standard InChI is InChI=1S/C22H34O/c1-3-5-18-8-12-20(13-9-18)22-15-14-21(16-23-22)19-10-6-17(4-2)7-11-19/h8-9,12-13,17,19,21-22H,3-7,10-11,14-16H2,1-2H3.